The average Bonchev–Trinajstić information content (AvgIpc) is 2.12. The number of hydrogen-bond donors (Lipinski definition) is 1. The second kappa shape index (κ2) is 4.08. The van der Waals surface area contributed by atoms with Gasteiger partial charge in [0.1, 0.15) is 12.0 Å². The number of aromatic hydroxyl groups is 1. The van der Waals surface area contributed by atoms with Crippen molar-refractivity contribution < 1.29 is 9.90 Å². The largest absolute Gasteiger partial charge is 0.508 e. The van der Waals surface area contributed by atoms with Crippen molar-refractivity contribution >= 4 is 6.29 Å². The predicted molar refractivity (Wildman–Crippen MR) is 52.0 cm³/mol. The first-order valence-electron chi connectivity index (χ1n) is 4.38. The third-order valence-electron chi connectivity index (χ3n) is 2.36. The third kappa shape index (κ3) is 2.08. The van der Waals surface area contributed by atoms with Gasteiger partial charge in [0.05, 0.1) is 0 Å². The monoisotopic (exact) mass is 178 g/mol. The Morgan fingerprint density at radius 3 is 2.69 bits per heavy atom. The molecule has 0 fully saturated rings. The normalized spacial score (nSPS) is 10.0. The molecule has 0 heterocycles. The molecule has 1 aromatic rings. The molecule has 2 nitrogen and oxygen atoms in total. The van der Waals surface area contributed by atoms with Gasteiger partial charge in [-0.3, -0.25) is 0 Å². The van der Waals surface area contributed by atoms with Crippen LogP contribution in [0.25, 0.3) is 0 Å². The summed E-state index contributed by atoms with van der Waals surface area (Å²) in [6, 6.07) is 3.57. The van der Waals surface area contributed by atoms with Gasteiger partial charge >= 0.3 is 0 Å². The lowest BCUT2D eigenvalue weighted by Crippen LogP contribution is -1.93. The van der Waals surface area contributed by atoms with Crippen molar-refractivity contribution in [2.24, 2.45) is 0 Å². The van der Waals surface area contributed by atoms with E-state index in [-0.39, 0.29) is 0 Å². The number of aryl methyl sites for hydroxylation is 1. The predicted octanol–water partition coefficient (Wildman–Crippen LogP) is 2.14. The second-order valence-corrected chi connectivity index (χ2v) is 3.21. The number of hydrogen-bond acceptors (Lipinski definition) is 2. The lowest BCUT2D eigenvalue weighted by molar-refractivity contribution is -0.107. The minimum atomic E-state index is 0.296. The molecule has 0 aliphatic carbocycles. The van der Waals surface area contributed by atoms with Gasteiger partial charge in [-0.1, -0.05) is 6.07 Å². The number of phenols is 1. The summed E-state index contributed by atoms with van der Waals surface area (Å²) in [5, 5.41) is 9.53. The Balaban J connectivity index is 3.02. The smallest absolute Gasteiger partial charge is 0.120 e. The van der Waals surface area contributed by atoms with E-state index >= 15 is 0 Å². The van der Waals surface area contributed by atoms with Crippen molar-refractivity contribution in [1.29, 1.82) is 0 Å². The molecule has 0 bridgehead atoms. The first-order valence-corrected chi connectivity index (χ1v) is 4.38. The molecule has 70 valence electrons. The van der Waals surface area contributed by atoms with E-state index in [1.165, 1.54) is 0 Å². The lowest BCUT2D eigenvalue weighted by atomic mass is 9.99. The highest BCUT2D eigenvalue weighted by atomic mass is 16.3. The number of aldehydes is 1. The summed E-state index contributed by atoms with van der Waals surface area (Å²) in [7, 11) is 0. The first kappa shape index (κ1) is 9.78. The Labute approximate surface area is 78.2 Å². The fourth-order valence-corrected chi connectivity index (χ4v) is 1.38. The molecule has 0 atom stereocenters. The van der Waals surface area contributed by atoms with Crippen LogP contribution < -0.4 is 0 Å². The fraction of sp³-hybridized carbons (Fsp3) is 0.364. The molecule has 0 spiro atoms. The van der Waals surface area contributed by atoms with Crippen LogP contribution in [0.1, 0.15) is 23.1 Å². The zero-order valence-electron chi connectivity index (χ0n) is 8.00. The molecular weight excluding hydrogens is 164 g/mol. The zero-order chi connectivity index (χ0) is 9.84. The van der Waals surface area contributed by atoms with Gasteiger partial charge in [0.2, 0.25) is 0 Å². The summed E-state index contributed by atoms with van der Waals surface area (Å²) in [6.45, 7) is 3.97. The van der Waals surface area contributed by atoms with Gasteiger partial charge in [-0.15, -0.1) is 0 Å². The topological polar surface area (TPSA) is 37.3 Å². The molecule has 2 heteroatoms. The van der Waals surface area contributed by atoms with E-state index in [0.29, 0.717) is 18.6 Å². The van der Waals surface area contributed by atoms with E-state index in [4.69, 9.17) is 0 Å². The van der Waals surface area contributed by atoms with Crippen LogP contribution >= 0.6 is 0 Å². The van der Waals surface area contributed by atoms with Crippen LogP contribution in [0.3, 0.4) is 0 Å². The van der Waals surface area contributed by atoms with E-state index in [2.05, 4.69) is 0 Å². The van der Waals surface area contributed by atoms with Gasteiger partial charge in [-0.2, -0.15) is 0 Å². The van der Waals surface area contributed by atoms with E-state index in [1.54, 1.807) is 6.07 Å². The Hall–Kier alpha value is -1.31. The first-order chi connectivity index (χ1) is 6.16. The fourth-order valence-electron chi connectivity index (χ4n) is 1.38. The molecule has 0 unspecified atom stereocenters. The second-order valence-electron chi connectivity index (χ2n) is 3.21. The van der Waals surface area contributed by atoms with E-state index < -0.39 is 0 Å². The van der Waals surface area contributed by atoms with Gasteiger partial charge in [0.15, 0.2) is 0 Å². The summed E-state index contributed by atoms with van der Waals surface area (Å²) >= 11 is 0. The van der Waals surface area contributed by atoms with Crippen LogP contribution in [0, 0.1) is 13.8 Å². The molecule has 1 rings (SSSR count). The molecule has 0 aromatic heterocycles. The molecule has 0 amide bonds. The summed E-state index contributed by atoms with van der Waals surface area (Å²) in [6.07, 6.45) is 1.97. The summed E-state index contributed by atoms with van der Waals surface area (Å²) in [5.41, 5.74) is 3.13. The minimum absolute atomic E-state index is 0.296. The van der Waals surface area contributed by atoms with E-state index in [9.17, 15) is 9.90 Å². The molecular formula is C11H14O2. The molecule has 0 aliphatic heterocycles. The Morgan fingerprint density at radius 1 is 1.38 bits per heavy atom. The van der Waals surface area contributed by atoms with Crippen molar-refractivity contribution in [3.05, 3.63) is 28.8 Å². The molecule has 0 saturated carbocycles. The van der Waals surface area contributed by atoms with E-state index in [0.717, 1.165) is 23.0 Å². The van der Waals surface area contributed by atoms with Gasteiger partial charge in [0.25, 0.3) is 0 Å². The van der Waals surface area contributed by atoms with Crippen molar-refractivity contribution in [2.45, 2.75) is 26.7 Å². The third-order valence-corrected chi connectivity index (χ3v) is 2.36. The summed E-state index contributed by atoms with van der Waals surface area (Å²) in [4.78, 5) is 10.2. The lowest BCUT2D eigenvalue weighted by Gasteiger charge is -2.09. The van der Waals surface area contributed by atoms with Crippen LogP contribution in [-0.2, 0) is 11.2 Å². The quantitative estimate of drug-likeness (QED) is 0.720. The van der Waals surface area contributed by atoms with Crippen LogP contribution in [-0.4, -0.2) is 11.4 Å². The maximum absolute atomic E-state index is 10.2. The van der Waals surface area contributed by atoms with Crippen molar-refractivity contribution in [3.63, 3.8) is 0 Å². The van der Waals surface area contributed by atoms with Gasteiger partial charge < -0.3 is 9.90 Å². The molecule has 1 N–H and O–H groups in total. The number of carbonyl (C=O) groups is 1. The maximum Gasteiger partial charge on any atom is 0.120 e. The van der Waals surface area contributed by atoms with Crippen molar-refractivity contribution in [2.75, 3.05) is 0 Å². The molecule has 13 heavy (non-hydrogen) atoms. The number of rotatable bonds is 3. The van der Waals surface area contributed by atoms with Crippen LogP contribution in [0.15, 0.2) is 12.1 Å². The number of phenolic OH excluding ortho intramolecular Hbond substituents is 1. The number of benzene rings is 1. The standard InChI is InChI=1S/C11H14O2/c1-8-5-6-11(13)10(9(8)2)4-3-7-12/h5-7,13H,3-4H2,1-2H3. The van der Waals surface area contributed by atoms with E-state index in [1.807, 2.05) is 19.9 Å². The highest BCUT2D eigenvalue weighted by molar-refractivity contribution is 5.52. The van der Waals surface area contributed by atoms with Crippen LogP contribution in [0.2, 0.25) is 0 Å². The molecule has 0 aliphatic rings. The summed E-state index contributed by atoms with van der Waals surface area (Å²) < 4.78 is 0. The van der Waals surface area contributed by atoms with Crippen molar-refractivity contribution in [3.8, 4) is 5.75 Å². The molecule has 0 saturated heterocycles. The highest BCUT2D eigenvalue weighted by Crippen LogP contribution is 2.24. The zero-order valence-corrected chi connectivity index (χ0v) is 8.00. The Morgan fingerprint density at radius 2 is 2.08 bits per heavy atom. The Bertz CT molecular complexity index is 316. The molecule has 0 radical (unpaired) electrons. The maximum atomic E-state index is 10.2. The van der Waals surface area contributed by atoms with Crippen molar-refractivity contribution in [1.82, 2.24) is 0 Å². The molecule has 1 aromatic carbocycles. The summed E-state index contributed by atoms with van der Waals surface area (Å²) in [5.74, 6) is 0.296. The minimum Gasteiger partial charge on any atom is -0.508 e. The van der Waals surface area contributed by atoms with Gasteiger partial charge in [0, 0.05) is 6.42 Å². The van der Waals surface area contributed by atoms with Crippen LogP contribution in [0.5, 0.6) is 5.75 Å². The highest BCUT2D eigenvalue weighted by Gasteiger charge is 2.05. The Kier molecular flexibility index (Phi) is 3.07. The average molecular weight is 178 g/mol. The SMILES string of the molecule is Cc1ccc(O)c(CCC=O)c1C. The van der Waals surface area contributed by atoms with Gasteiger partial charge in [-0.05, 0) is 43.0 Å². The van der Waals surface area contributed by atoms with Crippen LogP contribution in [0.4, 0.5) is 0 Å². The van der Waals surface area contributed by atoms with Gasteiger partial charge in [-0.25, -0.2) is 0 Å². The number of carbonyl (C=O) groups excluding carboxylic acids is 1.